The molecule has 12 heteroatoms. The van der Waals surface area contributed by atoms with E-state index in [2.05, 4.69) is 16.0 Å². The summed E-state index contributed by atoms with van der Waals surface area (Å²) in [6, 6.07) is 0. The first-order valence-electron chi connectivity index (χ1n) is 4.90. The molecule has 0 aromatic heterocycles. The van der Waals surface area contributed by atoms with Gasteiger partial charge in [-0.15, -0.1) is 0 Å². The van der Waals surface area contributed by atoms with Crippen LogP contribution in [-0.4, -0.2) is 112 Å². The van der Waals surface area contributed by atoms with Gasteiger partial charge in [0.2, 0.25) is 0 Å². The zero-order chi connectivity index (χ0) is 15.0. The van der Waals surface area contributed by atoms with Crippen LogP contribution in [0.25, 0.3) is 0 Å². The van der Waals surface area contributed by atoms with E-state index in [-0.39, 0.29) is 82.2 Å². The summed E-state index contributed by atoms with van der Waals surface area (Å²) in [5.74, 6) is -2.47. The van der Waals surface area contributed by atoms with Crippen molar-refractivity contribution in [3.63, 3.8) is 0 Å². The Morgan fingerprint density at radius 1 is 0.667 bits per heavy atom. The largest absolute Gasteiger partial charge is 2.00 e. The molecule has 0 saturated carbocycles. The molecule has 6 N–H and O–H groups in total. The van der Waals surface area contributed by atoms with E-state index in [4.69, 9.17) is 15.3 Å². The molecule has 0 heterocycles. The average Bonchev–Trinajstić information content (AvgIpc) is 2.18. The van der Waals surface area contributed by atoms with Gasteiger partial charge in [-0.2, -0.15) is 0 Å². The molecule has 0 aromatic carbocycles. The fraction of sp³-hybridized carbons (Fsp3) is 0.667. The van der Waals surface area contributed by atoms with Crippen molar-refractivity contribution < 1.29 is 54.5 Å². The summed E-state index contributed by atoms with van der Waals surface area (Å²) in [6.07, 6.45) is 0. The fourth-order valence-corrected chi connectivity index (χ4v) is 0.454. The van der Waals surface area contributed by atoms with E-state index < -0.39 is 17.9 Å². The van der Waals surface area contributed by atoms with Crippen molar-refractivity contribution in [3.8, 4) is 0 Å². The van der Waals surface area contributed by atoms with Crippen LogP contribution in [0.15, 0.2) is 0 Å². The Kier molecular flexibility index (Phi) is 57.3. The van der Waals surface area contributed by atoms with Crippen LogP contribution in [0.4, 0.5) is 0 Å². The third kappa shape index (κ3) is 79.4. The number of carboxylic acid groups (broad SMARTS) is 3. The zero-order valence-corrected chi connectivity index (χ0v) is 15.9. The molecular formula is C9H21CaCl2N3O6. The molecule has 0 radical (unpaired) electrons. The van der Waals surface area contributed by atoms with Crippen LogP contribution in [0.2, 0.25) is 0 Å². The van der Waals surface area contributed by atoms with Gasteiger partial charge < -0.3 is 56.1 Å². The smallest absolute Gasteiger partial charge is 1.00 e. The Balaban J connectivity index is -0.0000000375. The normalized spacial score (nSPS) is 7.00. The average molecular weight is 378 g/mol. The van der Waals surface area contributed by atoms with Gasteiger partial charge in [0.05, 0.1) is 19.6 Å². The number of hydrogen-bond acceptors (Lipinski definition) is 6. The fourth-order valence-electron chi connectivity index (χ4n) is 0.454. The van der Waals surface area contributed by atoms with E-state index in [1.807, 2.05) is 0 Å². The van der Waals surface area contributed by atoms with Gasteiger partial charge in [-0.3, -0.25) is 14.4 Å². The van der Waals surface area contributed by atoms with E-state index in [0.29, 0.717) is 0 Å². The van der Waals surface area contributed by atoms with E-state index in [1.165, 1.54) is 0 Å². The van der Waals surface area contributed by atoms with E-state index in [1.54, 1.807) is 21.1 Å². The third-order valence-corrected chi connectivity index (χ3v) is 0.984. The Bertz CT molecular complexity index is 211. The van der Waals surface area contributed by atoms with Crippen molar-refractivity contribution in [1.29, 1.82) is 0 Å². The molecule has 0 amide bonds. The van der Waals surface area contributed by atoms with Crippen molar-refractivity contribution in [2.24, 2.45) is 0 Å². The Hall–Kier alpha value is 0.130. The summed E-state index contributed by atoms with van der Waals surface area (Å²) in [6.45, 7) is 0.125. The van der Waals surface area contributed by atoms with E-state index in [0.717, 1.165) is 0 Å². The molecule has 0 aliphatic rings. The van der Waals surface area contributed by atoms with Crippen LogP contribution < -0.4 is 40.8 Å². The summed E-state index contributed by atoms with van der Waals surface area (Å²) in [5.41, 5.74) is 0. The van der Waals surface area contributed by atoms with Crippen molar-refractivity contribution in [1.82, 2.24) is 16.0 Å². The first-order chi connectivity index (χ1) is 8.31. The van der Waals surface area contributed by atoms with Crippen molar-refractivity contribution in [2.75, 3.05) is 40.8 Å². The molecule has 9 nitrogen and oxygen atoms in total. The number of halogens is 2. The van der Waals surface area contributed by atoms with Gasteiger partial charge in [0.15, 0.2) is 0 Å². The van der Waals surface area contributed by atoms with Gasteiger partial charge >= 0.3 is 55.6 Å². The molecule has 0 bridgehead atoms. The topological polar surface area (TPSA) is 148 Å². The van der Waals surface area contributed by atoms with Crippen LogP contribution in [0.1, 0.15) is 0 Å². The molecule has 0 aliphatic heterocycles. The van der Waals surface area contributed by atoms with Gasteiger partial charge in [0.1, 0.15) is 0 Å². The number of nitrogens with one attached hydrogen (secondary N) is 3. The molecule has 0 unspecified atom stereocenters. The van der Waals surface area contributed by atoms with Gasteiger partial charge in [0.25, 0.3) is 0 Å². The molecule has 0 aromatic rings. The molecule has 0 aliphatic carbocycles. The number of rotatable bonds is 6. The predicted octanol–water partition coefficient (Wildman–Crippen LogP) is -8.50. The summed E-state index contributed by atoms with van der Waals surface area (Å²) in [4.78, 5) is 28.6. The Morgan fingerprint density at radius 2 is 0.810 bits per heavy atom. The maximum absolute atomic E-state index is 9.54. The minimum Gasteiger partial charge on any atom is -1.00 e. The van der Waals surface area contributed by atoms with Gasteiger partial charge in [-0.25, -0.2) is 0 Å². The summed E-state index contributed by atoms with van der Waals surface area (Å²) < 4.78 is 0. The number of carbonyl (C=O) groups is 3. The van der Waals surface area contributed by atoms with Crippen molar-refractivity contribution in [2.45, 2.75) is 0 Å². The second-order valence-corrected chi connectivity index (χ2v) is 2.77. The monoisotopic (exact) mass is 377 g/mol. The van der Waals surface area contributed by atoms with E-state index >= 15 is 0 Å². The number of carboxylic acids is 3. The number of likely N-dealkylation sites (N-methyl/N-ethyl adjacent to an activating group) is 3. The number of aliphatic carboxylic acids is 3. The minimum absolute atomic E-state index is 0. The molecule has 0 fully saturated rings. The van der Waals surface area contributed by atoms with Crippen LogP contribution in [0, 0.1) is 0 Å². The molecular weight excluding hydrogens is 357 g/mol. The molecule has 124 valence electrons. The SMILES string of the molecule is CNCC(=O)O.CNCC(=O)O.CNCC(=O)O.[Ca+2].[Cl-].[Cl-]. The second-order valence-electron chi connectivity index (χ2n) is 2.77. The van der Waals surface area contributed by atoms with Gasteiger partial charge in [-0.1, -0.05) is 0 Å². The van der Waals surface area contributed by atoms with Crippen molar-refractivity contribution in [3.05, 3.63) is 0 Å². The maximum Gasteiger partial charge on any atom is 2.00 e. The molecule has 0 spiro atoms. The summed E-state index contributed by atoms with van der Waals surface area (Å²) in [7, 11) is 4.77. The van der Waals surface area contributed by atoms with Crippen LogP contribution in [0.3, 0.4) is 0 Å². The van der Waals surface area contributed by atoms with Gasteiger partial charge in [0, 0.05) is 0 Å². The third-order valence-electron chi connectivity index (χ3n) is 0.984. The first-order valence-corrected chi connectivity index (χ1v) is 4.90. The van der Waals surface area contributed by atoms with Crippen molar-refractivity contribution >= 4 is 55.6 Å². The van der Waals surface area contributed by atoms with Gasteiger partial charge in [-0.05, 0) is 21.1 Å². The molecule has 0 atom stereocenters. The number of hydrogen-bond donors (Lipinski definition) is 6. The van der Waals surface area contributed by atoms with Crippen LogP contribution >= 0.6 is 0 Å². The van der Waals surface area contributed by atoms with Crippen LogP contribution in [-0.2, 0) is 14.4 Å². The first kappa shape index (κ1) is 37.4. The molecule has 0 rings (SSSR count). The maximum atomic E-state index is 9.54. The van der Waals surface area contributed by atoms with E-state index in [9.17, 15) is 14.4 Å². The Labute approximate surface area is 166 Å². The predicted molar refractivity (Wildman–Crippen MR) is 70.4 cm³/mol. The van der Waals surface area contributed by atoms with Crippen LogP contribution in [0.5, 0.6) is 0 Å². The summed E-state index contributed by atoms with van der Waals surface area (Å²) >= 11 is 0. The quantitative estimate of drug-likeness (QED) is 0.248. The zero-order valence-electron chi connectivity index (χ0n) is 12.2. The minimum atomic E-state index is -0.822. The Morgan fingerprint density at radius 3 is 0.810 bits per heavy atom. The standard InChI is InChI=1S/3C3H7NO2.Ca.2ClH/c3*1-4-2-3(5)6;;;/h3*4H,2H2,1H3,(H,5,6);;2*1H/q;;;+2;;/p-2. The second kappa shape index (κ2) is 32.2. The summed E-state index contributed by atoms with van der Waals surface area (Å²) in [5, 5.41) is 31.0. The molecule has 21 heavy (non-hydrogen) atoms. The molecule has 0 saturated heterocycles.